The number of H-pyrrole nitrogens is 2. The van der Waals surface area contributed by atoms with Crippen LogP contribution in [-0.4, -0.2) is 38.6 Å². The first-order chi connectivity index (χ1) is 22.0. The lowest BCUT2D eigenvalue weighted by Crippen LogP contribution is -2.55. The maximum Gasteiger partial charge on any atom is 0.286 e. The monoisotopic (exact) mass is 595 g/mol. The Balaban J connectivity index is 1.30. The molecule has 8 nitrogen and oxygen atoms in total. The molecule has 7 rings (SSSR count). The highest BCUT2D eigenvalue weighted by Gasteiger charge is 2.47. The Bertz CT molecular complexity index is 2030. The molecule has 3 amide bonds. The van der Waals surface area contributed by atoms with Crippen molar-refractivity contribution < 1.29 is 14.4 Å². The van der Waals surface area contributed by atoms with Gasteiger partial charge in [0.2, 0.25) is 0 Å². The number of nitrogens with zero attached hydrogens (tertiary/aromatic N) is 1. The molecule has 3 unspecified atom stereocenters. The van der Waals surface area contributed by atoms with Crippen LogP contribution in [0.5, 0.6) is 0 Å². The summed E-state index contributed by atoms with van der Waals surface area (Å²) in [7, 11) is 0. The van der Waals surface area contributed by atoms with Gasteiger partial charge in [0, 0.05) is 32.9 Å². The summed E-state index contributed by atoms with van der Waals surface area (Å²) in [6, 6.07) is 33.5. The number of aromatic nitrogens is 2. The average Bonchev–Trinajstić information content (AvgIpc) is 3.76. The van der Waals surface area contributed by atoms with Crippen LogP contribution < -0.4 is 10.9 Å². The molecule has 0 spiro atoms. The molecule has 3 atom stereocenters. The number of carbonyl (C=O) groups excluding carboxylic acids is 3. The standard InChI is InChI=1S/C37H33N5O3/c1-3-22(2)33(36(44)41-40-35(43)30-21-24-15-7-11-19-28(24)38-30)42-34(25-16-8-9-17-26(25)37(42)45)31-27-18-10-12-20-29(27)39-32(31)23-13-5-4-6-14-23/h4-22,33-34,38-39H,3H2,1-2H3,(H,40,43)(H,41,44). The molecule has 1 aliphatic rings. The number of aromatic amines is 2. The molecular formula is C37H33N5O3. The number of carbonyl (C=O) groups is 3. The molecule has 0 saturated heterocycles. The average molecular weight is 596 g/mol. The number of nitrogens with one attached hydrogen (secondary N) is 4. The van der Waals surface area contributed by atoms with Gasteiger partial charge in [-0.1, -0.05) is 105 Å². The second-order valence-electron chi connectivity index (χ2n) is 11.6. The molecule has 1 aliphatic heterocycles. The van der Waals surface area contributed by atoms with Crippen LogP contribution in [0.3, 0.4) is 0 Å². The summed E-state index contributed by atoms with van der Waals surface area (Å²) in [6.45, 7) is 3.96. The lowest BCUT2D eigenvalue weighted by Gasteiger charge is -2.36. The SMILES string of the molecule is CCC(C)C(C(=O)NNC(=O)c1cc2ccccc2[nH]1)N1C(=O)c2ccccc2C1c1c(-c2ccccc2)[nH]c2ccccc12. The number of benzene rings is 4. The molecule has 4 N–H and O–H groups in total. The van der Waals surface area contributed by atoms with E-state index in [1.54, 1.807) is 11.0 Å². The van der Waals surface area contributed by atoms with Crippen molar-refractivity contribution >= 4 is 39.5 Å². The molecule has 8 heteroatoms. The lowest BCUT2D eigenvalue weighted by molar-refractivity contribution is -0.128. The summed E-state index contributed by atoms with van der Waals surface area (Å²) in [5, 5.41) is 1.87. The van der Waals surface area contributed by atoms with E-state index in [4.69, 9.17) is 0 Å². The Morgan fingerprint density at radius 1 is 0.822 bits per heavy atom. The van der Waals surface area contributed by atoms with Crippen LogP contribution in [0.1, 0.15) is 58.3 Å². The van der Waals surface area contributed by atoms with E-state index in [-0.39, 0.29) is 11.8 Å². The summed E-state index contributed by atoms with van der Waals surface area (Å²) in [5.41, 5.74) is 11.5. The van der Waals surface area contributed by atoms with Gasteiger partial charge in [-0.25, -0.2) is 0 Å². The van der Waals surface area contributed by atoms with E-state index in [1.807, 2.05) is 111 Å². The van der Waals surface area contributed by atoms with Crippen molar-refractivity contribution in [1.82, 2.24) is 25.7 Å². The third kappa shape index (κ3) is 4.84. The second-order valence-corrected chi connectivity index (χ2v) is 11.6. The Hall–Kier alpha value is -5.63. The molecule has 0 bridgehead atoms. The molecule has 4 aromatic carbocycles. The van der Waals surface area contributed by atoms with Crippen LogP contribution >= 0.6 is 0 Å². The molecule has 2 aromatic heterocycles. The number of para-hydroxylation sites is 2. The van der Waals surface area contributed by atoms with E-state index in [1.165, 1.54) is 0 Å². The van der Waals surface area contributed by atoms with Crippen molar-refractivity contribution in [3.05, 3.63) is 132 Å². The fourth-order valence-corrected chi connectivity index (χ4v) is 6.54. The van der Waals surface area contributed by atoms with E-state index < -0.39 is 23.9 Å². The van der Waals surface area contributed by atoms with Crippen LogP contribution in [0.25, 0.3) is 33.1 Å². The van der Waals surface area contributed by atoms with Gasteiger partial charge < -0.3 is 14.9 Å². The first kappa shape index (κ1) is 28.2. The fraction of sp³-hybridized carbons (Fsp3) is 0.162. The molecule has 45 heavy (non-hydrogen) atoms. The summed E-state index contributed by atoms with van der Waals surface area (Å²) >= 11 is 0. The van der Waals surface area contributed by atoms with Gasteiger partial charge in [-0.2, -0.15) is 0 Å². The van der Waals surface area contributed by atoms with Gasteiger partial charge in [-0.05, 0) is 41.3 Å². The highest BCUT2D eigenvalue weighted by Crippen LogP contribution is 2.47. The predicted octanol–water partition coefficient (Wildman–Crippen LogP) is 6.74. The molecule has 0 aliphatic carbocycles. The smallest absolute Gasteiger partial charge is 0.286 e. The van der Waals surface area contributed by atoms with Gasteiger partial charge in [0.25, 0.3) is 17.7 Å². The van der Waals surface area contributed by atoms with E-state index in [9.17, 15) is 14.4 Å². The minimum atomic E-state index is -0.875. The Morgan fingerprint density at radius 3 is 2.29 bits per heavy atom. The zero-order chi connectivity index (χ0) is 31.1. The van der Waals surface area contributed by atoms with Crippen LogP contribution in [-0.2, 0) is 4.79 Å². The molecule has 0 saturated carbocycles. The van der Waals surface area contributed by atoms with E-state index in [2.05, 4.69) is 26.9 Å². The van der Waals surface area contributed by atoms with Gasteiger partial charge >= 0.3 is 0 Å². The third-order valence-corrected chi connectivity index (χ3v) is 8.91. The van der Waals surface area contributed by atoms with E-state index in [0.717, 1.165) is 44.2 Å². The van der Waals surface area contributed by atoms with Crippen LogP contribution in [0.4, 0.5) is 0 Å². The van der Waals surface area contributed by atoms with Gasteiger partial charge in [-0.3, -0.25) is 25.2 Å². The van der Waals surface area contributed by atoms with Crippen molar-refractivity contribution in [2.24, 2.45) is 5.92 Å². The van der Waals surface area contributed by atoms with Crippen molar-refractivity contribution in [3.63, 3.8) is 0 Å². The van der Waals surface area contributed by atoms with Crippen LogP contribution in [0.15, 0.2) is 109 Å². The van der Waals surface area contributed by atoms with Gasteiger partial charge in [0.05, 0.1) is 11.7 Å². The highest BCUT2D eigenvalue weighted by atomic mass is 16.2. The van der Waals surface area contributed by atoms with Gasteiger partial charge in [0.1, 0.15) is 11.7 Å². The quantitative estimate of drug-likeness (QED) is 0.154. The normalized spacial score (nSPS) is 15.6. The van der Waals surface area contributed by atoms with Crippen molar-refractivity contribution in [1.29, 1.82) is 0 Å². The van der Waals surface area contributed by atoms with Crippen molar-refractivity contribution in [2.45, 2.75) is 32.4 Å². The number of amides is 3. The Morgan fingerprint density at radius 2 is 1.51 bits per heavy atom. The summed E-state index contributed by atoms with van der Waals surface area (Å²) in [6.07, 6.45) is 0.639. The Kier molecular flexibility index (Phi) is 7.17. The van der Waals surface area contributed by atoms with Gasteiger partial charge in [0.15, 0.2) is 0 Å². The number of rotatable bonds is 7. The lowest BCUT2D eigenvalue weighted by atomic mass is 9.90. The van der Waals surface area contributed by atoms with Crippen LogP contribution in [0.2, 0.25) is 0 Å². The number of fused-ring (bicyclic) bond motifs is 3. The highest BCUT2D eigenvalue weighted by molar-refractivity contribution is 6.05. The van der Waals surface area contributed by atoms with Crippen LogP contribution in [0, 0.1) is 5.92 Å². The topological polar surface area (TPSA) is 110 Å². The minimum absolute atomic E-state index is 0.220. The van der Waals surface area contributed by atoms with Crippen molar-refractivity contribution in [3.8, 4) is 11.3 Å². The first-order valence-electron chi connectivity index (χ1n) is 15.2. The Labute approximate surface area is 260 Å². The fourth-order valence-electron chi connectivity index (χ4n) is 6.54. The maximum absolute atomic E-state index is 14.4. The first-order valence-corrected chi connectivity index (χ1v) is 15.2. The zero-order valence-corrected chi connectivity index (χ0v) is 25.0. The zero-order valence-electron chi connectivity index (χ0n) is 25.0. The molecule has 6 aromatic rings. The summed E-state index contributed by atoms with van der Waals surface area (Å²) < 4.78 is 0. The molecule has 224 valence electrons. The maximum atomic E-state index is 14.4. The second kappa shape index (κ2) is 11.5. The minimum Gasteiger partial charge on any atom is -0.354 e. The largest absolute Gasteiger partial charge is 0.354 e. The molecule has 0 fully saturated rings. The molecule has 3 heterocycles. The number of hydrazine groups is 1. The van der Waals surface area contributed by atoms with E-state index >= 15 is 0 Å². The number of hydrogen-bond acceptors (Lipinski definition) is 3. The summed E-state index contributed by atoms with van der Waals surface area (Å²) in [5.74, 6) is -1.37. The molecular weight excluding hydrogens is 562 g/mol. The summed E-state index contributed by atoms with van der Waals surface area (Å²) in [4.78, 5) is 50.0. The molecule has 0 radical (unpaired) electrons. The third-order valence-electron chi connectivity index (χ3n) is 8.91. The van der Waals surface area contributed by atoms with Crippen molar-refractivity contribution in [2.75, 3.05) is 0 Å². The predicted molar refractivity (Wildman–Crippen MR) is 175 cm³/mol. The van der Waals surface area contributed by atoms with Gasteiger partial charge in [-0.15, -0.1) is 0 Å². The number of hydrogen-bond donors (Lipinski definition) is 4. The van der Waals surface area contributed by atoms with E-state index in [0.29, 0.717) is 17.7 Å².